The molecule has 2 atom stereocenters. The summed E-state index contributed by atoms with van der Waals surface area (Å²) in [4.78, 5) is 16.8. The third-order valence-corrected chi connectivity index (χ3v) is 5.82. The molecule has 0 saturated carbocycles. The number of amides is 1. The molecule has 1 aromatic carbocycles. The second-order valence-electron chi connectivity index (χ2n) is 7.58. The summed E-state index contributed by atoms with van der Waals surface area (Å²) in [5.74, 6) is 1.75. The summed E-state index contributed by atoms with van der Waals surface area (Å²) in [5.41, 5.74) is 7.97. The fourth-order valence-electron chi connectivity index (χ4n) is 4.26. The lowest BCUT2D eigenvalue weighted by Gasteiger charge is -2.44. The Labute approximate surface area is 168 Å². The van der Waals surface area contributed by atoms with Crippen molar-refractivity contribution in [1.29, 1.82) is 0 Å². The topological polar surface area (TPSA) is 90.7 Å². The molecule has 9 nitrogen and oxygen atoms in total. The number of carbonyl (C=O) groups is 1. The summed E-state index contributed by atoms with van der Waals surface area (Å²) in [6.45, 7) is 5.38. The Hall–Kier alpha value is -3.04. The van der Waals surface area contributed by atoms with Gasteiger partial charge in [0.2, 0.25) is 5.91 Å². The maximum absolute atomic E-state index is 12.1. The van der Waals surface area contributed by atoms with Gasteiger partial charge in [-0.2, -0.15) is 4.52 Å². The van der Waals surface area contributed by atoms with Crippen LogP contribution in [-0.4, -0.2) is 62.8 Å². The molecule has 0 radical (unpaired) electrons. The molecule has 2 aromatic heterocycles. The second-order valence-corrected chi connectivity index (χ2v) is 7.58. The molecule has 0 aliphatic carbocycles. The van der Waals surface area contributed by atoms with Gasteiger partial charge >= 0.3 is 0 Å². The van der Waals surface area contributed by atoms with Crippen LogP contribution in [0, 0.1) is 6.92 Å². The van der Waals surface area contributed by atoms with E-state index in [1.165, 1.54) is 5.56 Å². The number of aromatic nitrogens is 4. The van der Waals surface area contributed by atoms with E-state index in [0.717, 1.165) is 43.5 Å². The molecule has 2 saturated heterocycles. The SMILES string of the molecule is Cc1nnc2ccc(N3CCN(C4CC(=O)NNC4c4ccccc4)CC3)nn12. The molecule has 2 aliphatic heterocycles. The van der Waals surface area contributed by atoms with Crippen molar-refractivity contribution >= 4 is 17.4 Å². The fraction of sp³-hybridized carbons (Fsp3) is 0.400. The number of hydrazine groups is 1. The van der Waals surface area contributed by atoms with Gasteiger partial charge in [0.25, 0.3) is 0 Å². The quantitative estimate of drug-likeness (QED) is 0.678. The van der Waals surface area contributed by atoms with E-state index in [9.17, 15) is 4.79 Å². The molecular formula is C20H24N8O. The van der Waals surface area contributed by atoms with Crippen LogP contribution in [0.5, 0.6) is 0 Å². The smallest absolute Gasteiger partial charge is 0.235 e. The van der Waals surface area contributed by atoms with E-state index in [4.69, 9.17) is 5.10 Å². The Bertz CT molecular complexity index is 1010. The minimum atomic E-state index is 0.0415. The lowest BCUT2D eigenvalue weighted by molar-refractivity contribution is -0.126. The molecule has 5 rings (SSSR count). The van der Waals surface area contributed by atoms with Crippen LogP contribution in [0.4, 0.5) is 5.82 Å². The first-order valence-corrected chi connectivity index (χ1v) is 9.96. The first kappa shape index (κ1) is 18.0. The van der Waals surface area contributed by atoms with Crippen LogP contribution in [0.2, 0.25) is 0 Å². The molecule has 4 heterocycles. The first-order valence-electron chi connectivity index (χ1n) is 9.96. The molecule has 0 spiro atoms. The predicted molar refractivity (Wildman–Crippen MR) is 108 cm³/mol. The Balaban J connectivity index is 1.31. The van der Waals surface area contributed by atoms with Gasteiger partial charge in [-0.3, -0.25) is 15.1 Å². The Morgan fingerprint density at radius 2 is 1.79 bits per heavy atom. The molecule has 2 fully saturated rings. The zero-order chi connectivity index (χ0) is 19.8. The van der Waals surface area contributed by atoms with Crippen molar-refractivity contribution in [1.82, 2.24) is 35.6 Å². The van der Waals surface area contributed by atoms with Crippen LogP contribution in [0.3, 0.4) is 0 Å². The molecule has 29 heavy (non-hydrogen) atoms. The zero-order valence-corrected chi connectivity index (χ0v) is 16.3. The molecule has 1 amide bonds. The van der Waals surface area contributed by atoms with E-state index in [1.54, 1.807) is 4.52 Å². The number of hydrogen-bond donors (Lipinski definition) is 2. The number of benzene rings is 1. The van der Waals surface area contributed by atoms with Crippen molar-refractivity contribution in [3.63, 3.8) is 0 Å². The number of hydrogen-bond acceptors (Lipinski definition) is 7. The minimum absolute atomic E-state index is 0.0415. The van der Waals surface area contributed by atoms with E-state index in [-0.39, 0.29) is 18.0 Å². The van der Waals surface area contributed by atoms with Gasteiger partial charge in [0.05, 0.1) is 6.04 Å². The number of nitrogens with zero attached hydrogens (tertiary/aromatic N) is 6. The van der Waals surface area contributed by atoms with Crippen LogP contribution in [-0.2, 0) is 4.79 Å². The summed E-state index contributed by atoms with van der Waals surface area (Å²) in [7, 11) is 0. The molecule has 2 N–H and O–H groups in total. The summed E-state index contributed by atoms with van der Waals surface area (Å²) < 4.78 is 1.78. The number of aryl methyl sites for hydroxylation is 1. The first-order chi connectivity index (χ1) is 14.2. The number of rotatable bonds is 3. The van der Waals surface area contributed by atoms with Gasteiger partial charge in [-0.25, -0.2) is 5.43 Å². The fourth-order valence-corrected chi connectivity index (χ4v) is 4.26. The number of carbonyl (C=O) groups excluding carboxylic acids is 1. The number of fused-ring (bicyclic) bond motifs is 1. The van der Waals surface area contributed by atoms with Gasteiger partial charge in [0.1, 0.15) is 5.82 Å². The zero-order valence-electron chi connectivity index (χ0n) is 16.3. The van der Waals surface area contributed by atoms with Gasteiger partial charge in [-0.05, 0) is 24.6 Å². The van der Waals surface area contributed by atoms with E-state index in [0.29, 0.717) is 6.42 Å². The molecule has 3 aromatic rings. The van der Waals surface area contributed by atoms with E-state index in [1.807, 2.05) is 37.3 Å². The van der Waals surface area contributed by atoms with Crippen LogP contribution in [0.1, 0.15) is 23.9 Å². The largest absolute Gasteiger partial charge is 0.353 e. The normalized spacial score (nSPS) is 23.3. The second kappa shape index (κ2) is 7.41. The van der Waals surface area contributed by atoms with Gasteiger partial charge in [-0.15, -0.1) is 15.3 Å². The number of anilines is 1. The van der Waals surface area contributed by atoms with E-state index in [2.05, 4.69) is 43.0 Å². The van der Waals surface area contributed by atoms with Gasteiger partial charge in [0.15, 0.2) is 11.5 Å². The van der Waals surface area contributed by atoms with Crippen molar-refractivity contribution in [2.75, 3.05) is 31.1 Å². The van der Waals surface area contributed by atoms with Crippen LogP contribution < -0.4 is 15.8 Å². The predicted octanol–water partition coefficient (Wildman–Crippen LogP) is 0.689. The maximum atomic E-state index is 12.1. The molecule has 2 aliphatic rings. The molecule has 150 valence electrons. The highest BCUT2D eigenvalue weighted by molar-refractivity contribution is 5.77. The minimum Gasteiger partial charge on any atom is -0.353 e. The van der Waals surface area contributed by atoms with Gasteiger partial charge in [0, 0.05) is 38.6 Å². The summed E-state index contributed by atoms with van der Waals surface area (Å²) in [5, 5.41) is 12.9. The summed E-state index contributed by atoms with van der Waals surface area (Å²) in [6.07, 6.45) is 0.497. The lowest BCUT2D eigenvalue weighted by Crippen LogP contribution is -2.60. The molecule has 9 heteroatoms. The number of piperazine rings is 1. The van der Waals surface area contributed by atoms with Crippen molar-refractivity contribution in [2.45, 2.75) is 25.4 Å². The highest BCUT2D eigenvalue weighted by atomic mass is 16.2. The van der Waals surface area contributed by atoms with E-state index < -0.39 is 0 Å². The molecular weight excluding hydrogens is 368 g/mol. The standard InChI is InChI=1S/C20H24N8O/c1-14-21-22-17-7-8-18(25-28(14)17)27-11-9-26(10-12-27)16-13-19(29)23-24-20(16)15-5-3-2-4-6-15/h2-8,16,20,24H,9-13H2,1H3,(H,23,29). The third kappa shape index (κ3) is 3.43. The summed E-state index contributed by atoms with van der Waals surface area (Å²) in [6, 6.07) is 14.5. The highest BCUT2D eigenvalue weighted by Gasteiger charge is 2.36. The lowest BCUT2D eigenvalue weighted by atomic mass is 9.93. The van der Waals surface area contributed by atoms with Gasteiger partial charge < -0.3 is 4.90 Å². The maximum Gasteiger partial charge on any atom is 0.235 e. The number of nitrogens with one attached hydrogen (secondary N) is 2. The molecule has 0 bridgehead atoms. The van der Waals surface area contributed by atoms with Crippen LogP contribution >= 0.6 is 0 Å². The highest BCUT2D eigenvalue weighted by Crippen LogP contribution is 2.27. The van der Waals surface area contributed by atoms with Crippen LogP contribution in [0.25, 0.3) is 5.65 Å². The average Bonchev–Trinajstić information content (AvgIpc) is 3.14. The van der Waals surface area contributed by atoms with Crippen molar-refractivity contribution in [2.24, 2.45) is 0 Å². The average molecular weight is 392 g/mol. The van der Waals surface area contributed by atoms with Crippen molar-refractivity contribution in [3.05, 3.63) is 53.9 Å². The van der Waals surface area contributed by atoms with E-state index >= 15 is 0 Å². The van der Waals surface area contributed by atoms with Crippen molar-refractivity contribution in [3.8, 4) is 0 Å². The monoisotopic (exact) mass is 392 g/mol. The Kier molecular flexibility index (Phi) is 4.61. The third-order valence-electron chi connectivity index (χ3n) is 5.82. The van der Waals surface area contributed by atoms with Crippen molar-refractivity contribution < 1.29 is 4.79 Å². The Morgan fingerprint density at radius 1 is 1.00 bits per heavy atom. The van der Waals surface area contributed by atoms with Gasteiger partial charge in [-0.1, -0.05) is 30.3 Å². The summed E-state index contributed by atoms with van der Waals surface area (Å²) >= 11 is 0. The van der Waals surface area contributed by atoms with Crippen LogP contribution in [0.15, 0.2) is 42.5 Å². The Morgan fingerprint density at radius 3 is 2.59 bits per heavy atom. The molecule has 2 unspecified atom stereocenters.